The molecule has 1 nitrogen and oxygen atoms in total. The van der Waals surface area contributed by atoms with Gasteiger partial charge in [0.25, 0.3) is 0 Å². The minimum absolute atomic E-state index is 0.152. The molecule has 0 spiro atoms. The van der Waals surface area contributed by atoms with E-state index in [1.807, 2.05) is 13.8 Å². The molecule has 1 aromatic carbocycles. The Balaban J connectivity index is 2.89. The summed E-state index contributed by atoms with van der Waals surface area (Å²) in [4.78, 5) is 0. The van der Waals surface area contributed by atoms with E-state index < -0.39 is 0 Å². The first kappa shape index (κ1) is 9.04. The Morgan fingerprint density at radius 1 is 1.33 bits per heavy atom. The van der Waals surface area contributed by atoms with Crippen LogP contribution in [0, 0.1) is 5.82 Å². The fraction of sp³-hybridized carbons (Fsp3) is 0.400. The zero-order valence-electron chi connectivity index (χ0n) is 7.43. The maximum Gasteiger partial charge on any atom is 0.126 e. The van der Waals surface area contributed by atoms with Crippen molar-refractivity contribution in [2.24, 2.45) is 0 Å². The van der Waals surface area contributed by atoms with Crippen molar-refractivity contribution >= 4 is 0 Å². The van der Waals surface area contributed by atoms with Gasteiger partial charge in [-0.05, 0) is 37.1 Å². The predicted octanol–water partition coefficient (Wildman–Crippen LogP) is 2.79. The molecule has 0 heterocycles. The van der Waals surface area contributed by atoms with Crippen molar-refractivity contribution in [3.63, 3.8) is 0 Å². The molecule has 1 rings (SSSR count). The van der Waals surface area contributed by atoms with Crippen LogP contribution in [0.25, 0.3) is 0 Å². The van der Waals surface area contributed by atoms with Crippen molar-refractivity contribution in [3.05, 3.63) is 29.6 Å². The lowest BCUT2D eigenvalue weighted by Gasteiger charge is -2.05. The van der Waals surface area contributed by atoms with Gasteiger partial charge in [0.15, 0.2) is 0 Å². The lowest BCUT2D eigenvalue weighted by atomic mass is 10.1. The van der Waals surface area contributed by atoms with Gasteiger partial charge < -0.3 is 4.74 Å². The third-order valence-electron chi connectivity index (χ3n) is 1.71. The summed E-state index contributed by atoms with van der Waals surface area (Å²) >= 11 is 0. The maximum atomic E-state index is 13.0. The van der Waals surface area contributed by atoms with Crippen LogP contribution < -0.4 is 4.74 Å². The standard InChI is InChI=1S/C10H13FO/c1-3-8-7-9(12-4-2)5-6-10(8)11/h5-7H,3-4H2,1-2H3. The summed E-state index contributed by atoms with van der Waals surface area (Å²) in [6.07, 6.45) is 0.701. The highest BCUT2D eigenvalue weighted by Crippen LogP contribution is 2.16. The molecule has 0 aliphatic heterocycles. The number of rotatable bonds is 3. The number of ether oxygens (including phenoxy) is 1. The van der Waals surface area contributed by atoms with Gasteiger partial charge in [0.2, 0.25) is 0 Å². The normalized spacial score (nSPS) is 9.92. The Morgan fingerprint density at radius 3 is 2.67 bits per heavy atom. The van der Waals surface area contributed by atoms with Crippen molar-refractivity contribution in [1.82, 2.24) is 0 Å². The third kappa shape index (κ3) is 1.97. The summed E-state index contributed by atoms with van der Waals surface area (Å²) < 4.78 is 18.2. The molecule has 0 aromatic heterocycles. The van der Waals surface area contributed by atoms with Crippen molar-refractivity contribution in [3.8, 4) is 5.75 Å². The second-order valence-corrected chi connectivity index (χ2v) is 2.54. The average Bonchev–Trinajstić information content (AvgIpc) is 2.09. The van der Waals surface area contributed by atoms with E-state index in [0.29, 0.717) is 18.6 Å². The molecule has 0 bridgehead atoms. The molecule has 0 atom stereocenters. The van der Waals surface area contributed by atoms with Gasteiger partial charge in [0.05, 0.1) is 6.61 Å². The van der Waals surface area contributed by atoms with Gasteiger partial charge in [-0.3, -0.25) is 0 Å². The van der Waals surface area contributed by atoms with Crippen molar-refractivity contribution in [2.45, 2.75) is 20.3 Å². The average molecular weight is 168 g/mol. The van der Waals surface area contributed by atoms with Crippen LogP contribution >= 0.6 is 0 Å². The topological polar surface area (TPSA) is 9.23 Å². The van der Waals surface area contributed by atoms with Crippen molar-refractivity contribution in [2.75, 3.05) is 6.61 Å². The first-order valence-electron chi connectivity index (χ1n) is 4.19. The summed E-state index contributed by atoms with van der Waals surface area (Å²) in [5.74, 6) is 0.594. The Labute approximate surface area is 72.2 Å². The van der Waals surface area contributed by atoms with Crippen LogP contribution in [-0.2, 0) is 6.42 Å². The van der Waals surface area contributed by atoms with Crippen LogP contribution in [0.3, 0.4) is 0 Å². The largest absolute Gasteiger partial charge is 0.494 e. The minimum atomic E-state index is -0.152. The molecule has 0 saturated heterocycles. The number of benzene rings is 1. The van der Waals surface area contributed by atoms with E-state index in [-0.39, 0.29) is 5.82 Å². The van der Waals surface area contributed by atoms with Gasteiger partial charge in [0, 0.05) is 0 Å². The molecule has 0 amide bonds. The molecule has 0 saturated carbocycles. The highest BCUT2D eigenvalue weighted by Gasteiger charge is 2.00. The van der Waals surface area contributed by atoms with E-state index in [1.54, 1.807) is 12.1 Å². The first-order valence-corrected chi connectivity index (χ1v) is 4.19. The predicted molar refractivity (Wildman–Crippen MR) is 46.9 cm³/mol. The molecule has 0 aliphatic carbocycles. The van der Waals surface area contributed by atoms with Crippen LogP contribution in [-0.4, -0.2) is 6.61 Å². The van der Waals surface area contributed by atoms with Crippen LogP contribution in [0.5, 0.6) is 5.75 Å². The van der Waals surface area contributed by atoms with E-state index in [2.05, 4.69) is 0 Å². The summed E-state index contributed by atoms with van der Waals surface area (Å²) in [6.45, 7) is 4.46. The number of aryl methyl sites for hydroxylation is 1. The molecule has 2 heteroatoms. The molecular weight excluding hydrogens is 155 g/mol. The van der Waals surface area contributed by atoms with E-state index in [0.717, 1.165) is 5.75 Å². The minimum Gasteiger partial charge on any atom is -0.494 e. The van der Waals surface area contributed by atoms with Gasteiger partial charge >= 0.3 is 0 Å². The molecule has 1 aromatic rings. The van der Waals surface area contributed by atoms with E-state index in [1.165, 1.54) is 6.07 Å². The molecule has 12 heavy (non-hydrogen) atoms. The van der Waals surface area contributed by atoms with Crippen LogP contribution in [0.1, 0.15) is 19.4 Å². The molecular formula is C10H13FO. The van der Waals surface area contributed by atoms with Gasteiger partial charge in [0.1, 0.15) is 11.6 Å². The van der Waals surface area contributed by atoms with Gasteiger partial charge in [-0.15, -0.1) is 0 Å². The van der Waals surface area contributed by atoms with Crippen LogP contribution in [0.15, 0.2) is 18.2 Å². The lowest BCUT2D eigenvalue weighted by Crippen LogP contribution is -1.94. The fourth-order valence-electron chi connectivity index (χ4n) is 1.08. The van der Waals surface area contributed by atoms with Gasteiger partial charge in [-0.25, -0.2) is 4.39 Å². The van der Waals surface area contributed by atoms with Crippen LogP contribution in [0.4, 0.5) is 4.39 Å². The molecule has 0 aliphatic rings. The molecule has 0 unspecified atom stereocenters. The maximum absolute atomic E-state index is 13.0. The molecule has 0 fully saturated rings. The molecule has 0 N–H and O–H groups in total. The number of hydrogen-bond donors (Lipinski definition) is 0. The zero-order chi connectivity index (χ0) is 8.97. The lowest BCUT2D eigenvalue weighted by molar-refractivity contribution is 0.339. The fourth-order valence-corrected chi connectivity index (χ4v) is 1.08. The van der Waals surface area contributed by atoms with Crippen molar-refractivity contribution < 1.29 is 9.13 Å². The second kappa shape index (κ2) is 4.10. The summed E-state index contributed by atoms with van der Waals surface area (Å²) in [5, 5.41) is 0. The summed E-state index contributed by atoms with van der Waals surface area (Å²) in [7, 11) is 0. The van der Waals surface area contributed by atoms with Gasteiger partial charge in [-0.2, -0.15) is 0 Å². The third-order valence-corrected chi connectivity index (χ3v) is 1.71. The smallest absolute Gasteiger partial charge is 0.126 e. The SMILES string of the molecule is CCOc1ccc(F)c(CC)c1. The highest BCUT2D eigenvalue weighted by atomic mass is 19.1. The number of halogens is 1. The quantitative estimate of drug-likeness (QED) is 0.674. The Hall–Kier alpha value is -1.05. The van der Waals surface area contributed by atoms with Crippen molar-refractivity contribution in [1.29, 1.82) is 0 Å². The Kier molecular flexibility index (Phi) is 3.09. The van der Waals surface area contributed by atoms with E-state index in [9.17, 15) is 4.39 Å². The van der Waals surface area contributed by atoms with Crippen LogP contribution in [0.2, 0.25) is 0 Å². The summed E-state index contributed by atoms with van der Waals surface area (Å²) in [6, 6.07) is 4.85. The highest BCUT2D eigenvalue weighted by molar-refractivity contribution is 5.29. The first-order chi connectivity index (χ1) is 5.77. The molecule has 66 valence electrons. The monoisotopic (exact) mass is 168 g/mol. The second-order valence-electron chi connectivity index (χ2n) is 2.54. The number of hydrogen-bond acceptors (Lipinski definition) is 1. The molecule has 0 radical (unpaired) electrons. The van der Waals surface area contributed by atoms with Gasteiger partial charge in [-0.1, -0.05) is 6.92 Å². The Morgan fingerprint density at radius 2 is 2.08 bits per heavy atom. The zero-order valence-corrected chi connectivity index (χ0v) is 7.43. The summed E-state index contributed by atoms with van der Waals surface area (Å²) in [5.41, 5.74) is 0.709. The van der Waals surface area contributed by atoms with E-state index >= 15 is 0 Å². The Bertz CT molecular complexity index is 258. The van der Waals surface area contributed by atoms with E-state index in [4.69, 9.17) is 4.74 Å².